The molecule has 2 amide bonds. The predicted molar refractivity (Wildman–Crippen MR) is 130 cm³/mol. The predicted octanol–water partition coefficient (Wildman–Crippen LogP) is 3.07. The lowest BCUT2D eigenvalue weighted by atomic mass is 9.85. The highest BCUT2D eigenvalue weighted by Crippen LogP contribution is 2.28. The SMILES string of the molecule is O=C(C[C@H](O)CNC(=O)OCc1ccccc1)N[C@@H](C(=O)O)C(c1ccccc1)c1ccccc1. The maximum absolute atomic E-state index is 12.6. The number of carboxylic acid groups (broad SMARTS) is 1. The number of hydrogen-bond donors (Lipinski definition) is 4. The van der Waals surface area contributed by atoms with Crippen LogP contribution in [0.5, 0.6) is 0 Å². The maximum Gasteiger partial charge on any atom is 0.407 e. The van der Waals surface area contributed by atoms with Crippen molar-refractivity contribution in [2.75, 3.05) is 6.54 Å². The molecule has 3 aromatic carbocycles. The third kappa shape index (κ3) is 7.97. The summed E-state index contributed by atoms with van der Waals surface area (Å²) >= 11 is 0. The fourth-order valence-electron chi connectivity index (χ4n) is 3.68. The molecule has 0 aromatic heterocycles. The highest BCUT2D eigenvalue weighted by Gasteiger charge is 2.32. The molecule has 3 aromatic rings. The van der Waals surface area contributed by atoms with Crippen molar-refractivity contribution >= 4 is 18.0 Å². The molecule has 0 aliphatic carbocycles. The van der Waals surface area contributed by atoms with Crippen molar-refractivity contribution in [2.24, 2.45) is 0 Å². The zero-order chi connectivity index (χ0) is 25.0. The molecule has 3 rings (SSSR count). The molecule has 4 N–H and O–H groups in total. The Balaban J connectivity index is 1.57. The summed E-state index contributed by atoms with van der Waals surface area (Å²) in [6.07, 6.45) is -2.34. The minimum atomic E-state index is -1.26. The first kappa shape index (κ1) is 25.5. The van der Waals surface area contributed by atoms with E-state index in [9.17, 15) is 24.6 Å². The van der Waals surface area contributed by atoms with Crippen molar-refractivity contribution in [3.8, 4) is 0 Å². The highest BCUT2D eigenvalue weighted by molar-refractivity contribution is 5.85. The van der Waals surface area contributed by atoms with Crippen molar-refractivity contribution in [1.82, 2.24) is 10.6 Å². The van der Waals surface area contributed by atoms with Crippen molar-refractivity contribution < 1.29 is 29.3 Å². The number of carbonyl (C=O) groups is 3. The molecule has 0 radical (unpaired) electrons. The first-order chi connectivity index (χ1) is 16.9. The summed E-state index contributed by atoms with van der Waals surface area (Å²) in [5.41, 5.74) is 2.28. The molecule has 0 fully saturated rings. The standard InChI is InChI=1S/C27H28N2O6/c30-22(17-28-27(34)35-18-19-10-4-1-5-11-19)16-23(31)29-25(26(32)33)24(20-12-6-2-7-13-20)21-14-8-3-9-15-21/h1-15,22,24-25,30H,16-18H2,(H,28,34)(H,29,31)(H,32,33)/t22-,25+/m0/s1. The minimum Gasteiger partial charge on any atom is -0.480 e. The summed E-state index contributed by atoms with van der Waals surface area (Å²) in [4.78, 5) is 36.6. The van der Waals surface area contributed by atoms with E-state index in [-0.39, 0.29) is 19.6 Å². The Morgan fingerprint density at radius 2 is 1.31 bits per heavy atom. The second-order valence-electron chi connectivity index (χ2n) is 7.98. The quantitative estimate of drug-likeness (QED) is 0.337. The van der Waals surface area contributed by atoms with Crippen LogP contribution >= 0.6 is 0 Å². The van der Waals surface area contributed by atoms with Crippen LogP contribution in [0.25, 0.3) is 0 Å². The lowest BCUT2D eigenvalue weighted by Gasteiger charge is -2.26. The van der Waals surface area contributed by atoms with Gasteiger partial charge in [0.25, 0.3) is 0 Å². The van der Waals surface area contributed by atoms with Crippen LogP contribution in [0.15, 0.2) is 91.0 Å². The van der Waals surface area contributed by atoms with Gasteiger partial charge in [0.1, 0.15) is 12.6 Å². The lowest BCUT2D eigenvalue weighted by Crippen LogP contribution is -2.46. The minimum absolute atomic E-state index is 0.0733. The van der Waals surface area contributed by atoms with Crippen LogP contribution in [-0.4, -0.2) is 46.9 Å². The number of alkyl carbamates (subject to hydrolysis) is 1. The van der Waals surface area contributed by atoms with Crippen molar-refractivity contribution in [3.05, 3.63) is 108 Å². The summed E-state index contributed by atoms with van der Waals surface area (Å²) in [5.74, 6) is -2.49. The smallest absolute Gasteiger partial charge is 0.407 e. The third-order valence-corrected chi connectivity index (χ3v) is 5.35. The Bertz CT molecular complexity index is 1050. The van der Waals surface area contributed by atoms with Gasteiger partial charge in [0.15, 0.2) is 0 Å². The molecule has 182 valence electrons. The van der Waals surface area contributed by atoms with Gasteiger partial charge in [-0.15, -0.1) is 0 Å². The molecule has 0 heterocycles. The summed E-state index contributed by atoms with van der Waals surface area (Å²) in [7, 11) is 0. The zero-order valence-corrected chi connectivity index (χ0v) is 19.0. The fourth-order valence-corrected chi connectivity index (χ4v) is 3.68. The average molecular weight is 477 g/mol. The molecule has 0 unspecified atom stereocenters. The van der Waals surface area contributed by atoms with Gasteiger partial charge in [-0.2, -0.15) is 0 Å². The Kier molecular flexibility index (Phi) is 9.39. The first-order valence-electron chi connectivity index (χ1n) is 11.2. The van der Waals surface area contributed by atoms with Gasteiger partial charge in [-0.3, -0.25) is 4.79 Å². The number of carbonyl (C=O) groups excluding carboxylic acids is 2. The van der Waals surface area contributed by atoms with Gasteiger partial charge >= 0.3 is 12.1 Å². The van der Waals surface area contributed by atoms with Crippen molar-refractivity contribution in [1.29, 1.82) is 0 Å². The number of aliphatic carboxylic acids is 1. The van der Waals surface area contributed by atoms with E-state index in [0.717, 1.165) is 16.7 Å². The van der Waals surface area contributed by atoms with E-state index in [1.807, 2.05) is 42.5 Å². The van der Waals surface area contributed by atoms with Crippen molar-refractivity contribution in [2.45, 2.75) is 31.1 Å². The van der Waals surface area contributed by atoms with Gasteiger partial charge in [0.05, 0.1) is 12.5 Å². The topological polar surface area (TPSA) is 125 Å². The van der Waals surface area contributed by atoms with E-state index in [1.165, 1.54) is 0 Å². The molecule has 2 atom stereocenters. The van der Waals surface area contributed by atoms with Crippen LogP contribution < -0.4 is 10.6 Å². The largest absolute Gasteiger partial charge is 0.480 e. The summed E-state index contributed by atoms with van der Waals surface area (Å²) in [5, 5.41) is 25.1. The van der Waals surface area contributed by atoms with Gasteiger partial charge in [-0.05, 0) is 16.7 Å². The highest BCUT2D eigenvalue weighted by atomic mass is 16.5. The monoisotopic (exact) mass is 476 g/mol. The van der Waals surface area contributed by atoms with Gasteiger partial charge < -0.3 is 25.6 Å². The molecular formula is C27H28N2O6. The normalized spacial score (nSPS) is 12.4. The number of carboxylic acids is 1. The van der Waals surface area contributed by atoms with Crippen LogP contribution in [0.4, 0.5) is 4.79 Å². The molecular weight excluding hydrogens is 448 g/mol. The molecule has 0 aliphatic rings. The Hall–Kier alpha value is -4.17. The van der Waals surface area contributed by atoms with Gasteiger partial charge in [-0.1, -0.05) is 91.0 Å². The van der Waals surface area contributed by atoms with E-state index in [2.05, 4.69) is 10.6 Å². The fraction of sp³-hybridized carbons (Fsp3) is 0.222. The van der Waals surface area contributed by atoms with E-state index < -0.39 is 36.0 Å². The van der Waals surface area contributed by atoms with Gasteiger partial charge in [-0.25, -0.2) is 9.59 Å². The van der Waals surface area contributed by atoms with E-state index in [4.69, 9.17) is 4.74 Å². The third-order valence-electron chi connectivity index (χ3n) is 5.35. The van der Waals surface area contributed by atoms with Crippen LogP contribution in [-0.2, 0) is 20.9 Å². The van der Waals surface area contributed by atoms with Crippen molar-refractivity contribution in [3.63, 3.8) is 0 Å². The summed E-state index contributed by atoms with van der Waals surface area (Å²) < 4.78 is 5.07. The van der Waals surface area contributed by atoms with E-state index in [0.29, 0.717) is 0 Å². The summed E-state index contributed by atoms with van der Waals surface area (Å²) in [6, 6.07) is 25.9. The Morgan fingerprint density at radius 1 is 0.800 bits per heavy atom. The van der Waals surface area contributed by atoms with Crippen LogP contribution in [0, 0.1) is 0 Å². The number of aliphatic hydroxyl groups excluding tert-OH is 1. The molecule has 0 saturated carbocycles. The van der Waals surface area contributed by atoms with Crippen LogP contribution in [0.3, 0.4) is 0 Å². The molecule has 0 spiro atoms. The number of nitrogens with one attached hydrogen (secondary N) is 2. The second kappa shape index (κ2) is 12.9. The number of benzene rings is 3. The van der Waals surface area contributed by atoms with Gasteiger partial charge in [0, 0.05) is 12.5 Å². The molecule has 0 bridgehead atoms. The Labute approximate surface area is 203 Å². The molecule has 0 aliphatic heterocycles. The first-order valence-corrected chi connectivity index (χ1v) is 11.2. The number of amides is 2. The van der Waals surface area contributed by atoms with Crippen LogP contribution in [0.1, 0.15) is 29.0 Å². The maximum atomic E-state index is 12.6. The molecule has 8 heteroatoms. The van der Waals surface area contributed by atoms with E-state index >= 15 is 0 Å². The average Bonchev–Trinajstić information content (AvgIpc) is 2.87. The zero-order valence-electron chi connectivity index (χ0n) is 19.0. The molecule has 0 saturated heterocycles. The number of hydrogen-bond acceptors (Lipinski definition) is 5. The van der Waals surface area contributed by atoms with Gasteiger partial charge in [0.2, 0.25) is 5.91 Å². The number of ether oxygens (including phenoxy) is 1. The summed E-state index contributed by atoms with van der Waals surface area (Å²) in [6.45, 7) is -0.149. The van der Waals surface area contributed by atoms with Crippen LogP contribution in [0.2, 0.25) is 0 Å². The second-order valence-corrected chi connectivity index (χ2v) is 7.98. The molecule has 8 nitrogen and oxygen atoms in total. The van der Waals surface area contributed by atoms with E-state index in [1.54, 1.807) is 48.5 Å². The molecule has 35 heavy (non-hydrogen) atoms. The number of rotatable bonds is 11. The lowest BCUT2D eigenvalue weighted by molar-refractivity contribution is -0.142. The number of aliphatic hydroxyl groups is 1. The Morgan fingerprint density at radius 3 is 1.83 bits per heavy atom.